The molecule has 0 amide bonds. The van der Waals surface area contributed by atoms with Crippen molar-refractivity contribution in [2.45, 2.75) is 33.6 Å². The number of aromatic nitrogens is 1. The van der Waals surface area contributed by atoms with Crippen molar-refractivity contribution in [3.8, 4) is 6.07 Å². The van der Waals surface area contributed by atoms with E-state index in [9.17, 15) is 0 Å². The molecule has 0 unspecified atom stereocenters. The van der Waals surface area contributed by atoms with E-state index in [4.69, 9.17) is 5.26 Å². The molecule has 0 fully saturated rings. The molecule has 0 bridgehead atoms. The lowest BCUT2D eigenvalue weighted by Crippen LogP contribution is -1.99. The number of aryl methyl sites for hydroxylation is 3. The van der Waals surface area contributed by atoms with Gasteiger partial charge in [-0.1, -0.05) is 13.3 Å². The second-order valence-electron chi connectivity index (χ2n) is 3.26. The molecule has 1 rings (SSSR count). The van der Waals surface area contributed by atoms with Gasteiger partial charge in [-0.25, -0.2) is 0 Å². The molecule has 0 radical (unpaired) electrons. The van der Waals surface area contributed by atoms with Crippen LogP contribution in [0, 0.1) is 25.2 Å². The molecule has 0 N–H and O–H groups in total. The summed E-state index contributed by atoms with van der Waals surface area (Å²) < 4.78 is 0. The van der Waals surface area contributed by atoms with Gasteiger partial charge in [-0.2, -0.15) is 5.26 Å². The smallest absolute Gasteiger partial charge is 0.101 e. The predicted octanol–water partition coefficient (Wildman–Crippen LogP) is 2.52. The maximum atomic E-state index is 8.93. The molecule has 0 aromatic carbocycles. The first-order valence-electron chi connectivity index (χ1n) is 4.56. The highest BCUT2D eigenvalue weighted by Gasteiger charge is 2.06. The Kier molecular flexibility index (Phi) is 3.02. The normalized spacial score (nSPS) is 9.69. The number of nitriles is 1. The molecule has 1 aromatic rings. The Bertz CT molecular complexity index is 348. The van der Waals surface area contributed by atoms with Gasteiger partial charge in [-0.3, -0.25) is 4.98 Å². The summed E-state index contributed by atoms with van der Waals surface area (Å²) in [5.41, 5.74) is 3.74. The van der Waals surface area contributed by atoms with Crippen molar-refractivity contribution in [2.75, 3.05) is 0 Å². The van der Waals surface area contributed by atoms with E-state index in [0.717, 1.165) is 35.4 Å². The molecule has 0 spiro atoms. The van der Waals surface area contributed by atoms with Crippen LogP contribution in [0.2, 0.25) is 0 Å². The number of hydrogen-bond donors (Lipinski definition) is 0. The maximum absolute atomic E-state index is 8.93. The summed E-state index contributed by atoms with van der Waals surface area (Å²) in [5, 5.41) is 8.93. The molecular formula is C11H14N2. The lowest BCUT2D eigenvalue weighted by Gasteiger charge is -2.05. The molecule has 2 heteroatoms. The van der Waals surface area contributed by atoms with E-state index in [1.165, 1.54) is 0 Å². The van der Waals surface area contributed by atoms with Gasteiger partial charge in [0.1, 0.15) is 6.07 Å². The van der Waals surface area contributed by atoms with Gasteiger partial charge in [0.2, 0.25) is 0 Å². The first kappa shape index (κ1) is 9.73. The van der Waals surface area contributed by atoms with Crippen LogP contribution in [0.4, 0.5) is 0 Å². The number of rotatable bonds is 2. The number of nitrogens with zero attached hydrogens (tertiary/aromatic N) is 2. The fourth-order valence-corrected chi connectivity index (χ4v) is 1.48. The minimum absolute atomic E-state index is 0.757. The first-order chi connectivity index (χ1) is 6.19. The zero-order chi connectivity index (χ0) is 9.84. The minimum Gasteiger partial charge on any atom is -0.257 e. The SMILES string of the molecule is CCCc1nc(C)cc(C)c1C#N. The topological polar surface area (TPSA) is 36.7 Å². The zero-order valence-corrected chi connectivity index (χ0v) is 8.39. The second-order valence-corrected chi connectivity index (χ2v) is 3.26. The van der Waals surface area contributed by atoms with Gasteiger partial charge in [0, 0.05) is 5.69 Å². The Hall–Kier alpha value is -1.36. The van der Waals surface area contributed by atoms with Gasteiger partial charge in [0.15, 0.2) is 0 Å². The van der Waals surface area contributed by atoms with E-state index in [-0.39, 0.29) is 0 Å². The minimum atomic E-state index is 0.757. The van der Waals surface area contributed by atoms with Crippen molar-refractivity contribution >= 4 is 0 Å². The Labute approximate surface area is 79.2 Å². The first-order valence-corrected chi connectivity index (χ1v) is 4.56. The van der Waals surface area contributed by atoms with Crippen LogP contribution in [0.25, 0.3) is 0 Å². The van der Waals surface area contributed by atoms with E-state index in [1.807, 2.05) is 19.9 Å². The van der Waals surface area contributed by atoms with Crippen LogP contribution >= 0.6 is 0 Å². The molecule has 2 nitrogen and oxygen atoms in total. The fraction of sp³-hybridized carbons (Fsp3) is 0.455. The molecular weight excluding hydrogens is 160 g/mol. The van der Waals surface area contributed by atoms with E-state index < -0.39 is 0 Å². The summed E-state index contributed by atoms with van der Waals surface area (Å²) in [4.78, 5) is 4.37. The molecule has 0 aliphatic rings. The predicted molar refractivity (Wildman–Crippen MR) is 52.4 cm³/mol. The highest BCUT2D eigenvalue weighted by atomic mass is 14.7. The van der Waals surface area contributed by atoms with Crippen LogP contribution in [0.5, 0.6) is 0 Å². The van der Waals surface area contributed by atoms with Crippen LogP contribution in [0.1, 0.15) is 35.9 Å². The van der Waals surface area contributed by atoms with E-state index in [1.54, 1.807) is 0 Å². The number of pyridine rings is 1. The van der Waals surface area contributed by atoms with Crippen molar-refractivity contribution in [1.82, 2.24) is 4.98 Å². The third kappa shape index (κ3) is 2.06. The van der Waals surface area contributed by atoms with Crippen molar-refractivity contribution in [1.29, 1.82) is 5.26 Å². The van der Waals surface area contributed by atoms with Crippen LogP contribution in [0.15, 0.2) is 6.07 Å². The van der Waals surface area contributed by atoms with Gasteiger partial charge in [-0.15, -0.1) is 0 Å². The lowest BCUT2D eigenvalue weighted by molar-refractivity contribution is 0.866. The maximum Gasteiger partial charge on any atom is 0.101 e. The third-order valence-corrected chi connectivity index (χ3v) is 2.02. The van der Waals surface area contributed by atoms with Crippen molar-refractivity contribution < 1.29 is 0 Å². The molecule has 0 saturated heterocycles. The zero-order valence-electron chi connectivity index (χ0n) is 8.39. The Balaban J connectivity index is 3.23. The van der Waals surface area contributed by atoms with Crippen LogP contribution < -0.4 is 0 Å². The van der Waals surface area contributed by atoms with E-state index in [2.05, 4.69) is 18.0 Å². The van der Waals surface area contributed by atoms with Crippen LogP contribution in [0.3, 0.4) is 0 Å². The Morgan fingerprint density at radius 1 is 1.46 bits per heavy atom. The average molecular weight is 174 g/mol. The second kappa shape index (κ2) is 4.04. The van der Waals surface area contributed by atoms with E-state index >= 15 is 0 Å². The summed E-state index contributed by atoms with van der Waals surface area (Å²) in [7, 11) is 0. The van der Waals surface area contributed by atoms with Crippen molar-refractivity contribution in [3.05, 3.63) is 28.6 Å². The van der Waals surface area contributed by atoms with Crippen molar-refractivity contribution in [3.63, 3.8) is 0 Å². The van der Waals surface area contributed by atoms with Crippen LogP contribution in [-0.4, -0.2) is 4.98 Å². The van der Waals surface area contributed by atoms with Gasteiger partial charge in [-0.05, 0) is 31.9 Å². The summed E-state index contributed by atoms with van der Waals surface area (Å²) in [5.74, 6) is 0. The average Bonchev–Trinajstić information content (AvgIpc) is 2.04. The lowest BCUT2D eigenvalue weighted by atomic mass is 10.0. The molecule has 68 valence electrons. The van der Waals surface area contributed by atoms with Gasteiger partial charge in [0.05, 0.1) is 11.3 Å². The highest BCUT2D eigenvalue weighted by molar-refractivity contribution is 5.41. The summed E-state index contributed by atoms with van der Waals surface area (Å²) >= 11 is 0. The monoisotopic (exact) mass is 174 g/mol. The Morgan fingerprint density at radius 3 is 2.69 bits per heavy atom. The summed E-state index contributed by atoms with van der Waals surface area (Å²) in [6, 6.07) is 4.17. The highest BCUT2D eigenvalue weighted by Crippen LogP contribution is 2.13. The molecule has 0 atom stereocenters. The molecule has 0 aliphatic heterocycles. The molecule has 0 saturated carbocycles. The third-order valence-electron chi connectivity index (χ3n) is 2.02. The molecule has 0 aliphatic carbocycles. The van der Waals surface area contributed by atoms with Crippen molar-refractivity contribution in [2.24, 2.45) is 0 Å². The van der Waals surface area contributed by atoms with E-state index in [0.29, 0.717) is 0 Å². The van der Waals surface area contributed by atoms with Crippen LogP contribution in [-0.2, 0) is 6.42 Å². The Morgan fingerprint density at radius 2 is 2.15 bits per heavy atom. The quantitative estimate of drug-likeness (QED) is 0.690. The summed E-state index contributed by atoms with van der Waals surface area (Å²) in [6.45, 7) is 6.03. The molecule has 13 heavy (non-hydrogen) atoms. The van der Waals surface area contributed by atoms with Gasteiger partial charge in [0.25, 0.3) is 0 Å². The molecule has 1 heterocycles. The molecule has 1 aromatic heterocycles. The largest absolute Gasteiger partial charge is 0.257 e. The van der Waals surface area contributed by atoms with Gasteiger partial charge >= 0.3 is 0 Å². The van der Waals surface area contributed by atoms with Gasteiger partial charge < -0.3 is 0 Å². The standard InChI is InChI=1S/C11H14N2/c1-4-5-11-10(7-12)8(2)6-9(3)13-11/h6H,4-5H2,1-3H3. The number of hydrogen-bond acceptors (Lipinski definition) is 2. The fourth-order valence-electron chi connectivity index (χ4n) is 1.48. The summed E-state index contributed by atoms with van der Waals surface area (Å²) in [6.07, 6.45) is 1.93.